The minimum absolute atomic E-state index is 0.0213. The Morgan fingerprint density at radius 3 is 2.63 bits per heavy atom. The van der Waals surface area contributed by atoms with E-state index in [4.69, 9.17) is 18.6 Å². The first kappa shape index (κ1) is 24.9. The van der Waals surface area contributed by atoms with E-state index in [-0.39, 0.29) is 23.0 Å². The fourth-order valence-corrected chi connectivity index (χ4v) is 5.51. The Hall–Kier alpha value is -3.20. The molecule has 9 heteroatoms. The Morgan fingerprint density at radius 2 is 2.03 bits per heavy atom. The van der Waals surface area contributed by atoms with Crippen LogP contribution in [0.25, 0.3) is 11.3 Å². The molecule has 0 saturated heterocycles. The minimum Gasteiger partial charge on any atom is -0.482 e. The predicted molar refractivity (Wildman–Crippen MR) is 124 cm³/mol. The van der Waals surface area contributed by atoms with Crippen molar-refractivity contribution in [2.75, 3.05) is 0 Å². The second-order valence-corrected chi connectivity index (χ2v) is 9.78. The van der Waals surface area contributed by atoms with Crippen molar-refractivity contribution in [1.29, 1.82) is 0 Å². The van der Waals surface area contributed by atoms with Crippen LogP contribution >= 0.6 is 0 Å². The predicted octanol–water partition coefficient (Wildman–Crippen LogP) is 3.58. The van der Waals surface area contributed by atoms with Gasteiger partial charge in [-0.2, -0.15) is 0 Å². The van der Waals surface area contributed by atoms with Gasteiger partial charge in [-0.15, -0.1) is 0 Å². The van der Waals surface area contributed by atoms with Gasteiger partial charge in [-0.25, -0.2) is 4.79 Å². The molecule has 2 aromatic heterocycles. The van der Waals surface area contributed by atoms with Crippen LogP contribution in [0.1, 0.15) is 65.5 Å². The van der Waals surface area contributed by atoms with Gasteiger partial charge in [0.1, 0.15) is 34.4 Å². The molecule has 0 radical (unpaired) electrons. The second kappa shape index (κ2) is 9.11. The van der Waals surface area contributed by atoms with E-state index in [1.807, 2.05) is 13.8 Å². The first-order valence-corrected chi connectivity index (χ1v) is 11.8. The summed E-state index contributed by atoms with van der Waals surface area (Å²) >= 11 is 0. The topological polar surface area (TPSA) is 125 Å². The maximum absolute atomic E-state index is 13.0. The molecule has 9 nitrogen and oxygen atoms in total. The Kier molecular flexibility index (Phi) is 6.48. The van der Waals surface area contributed by atoms with Crippen molar-refractivity contribution in [3.63, 3.8) is 0 Å². The normalized spacial score (nSPS) is 29.1. The van der Waals surface area contributed by atoms with E-state index in [9.17, 15) is 19.5 Å². The highest BCUT2D eigenvalue weighted by molar-refractivity contribution is 5.67. The molecule has 1 fully saturated rings. The molecule has 1 unspecified atom stereocenters. The van der Waals surface area contributed by atoms with Crippen LogP contribution < -0.4 is 10.4 Å². The molecule has 3 heterocycles. The number of carbonyl (C=O) groups is 2. The third-order valence-electron chi connectivity index (χ3n) is 7.57. The molecule has 2 aromatic rings. The molecule has 2 aliphatic rings. The Labute approximate surface area is 203 Å². The number of rotatable bonds is 5. The van der Waals surface area contributed by atoms with Crippen molar-refractivity contribution in [2.45, 2.75) is 77.3 Å². The fraction of sp³-hybridized carbons (Fsp3) is 0.538. The van der Waals surface area contributed by atoms with Crippen molar-refractivity contribution in [3.05, 3.63) is 46.6 Å². The number of ether oxygens (including phenoxy) is 3. The van der Waals surface area contributed by atoms with Gasteiger partial charge in [-0.3, -0.25) is 14.6 Å². The first-order chi connectivity index (χ1) is 16.5. The van der Waals surface area contributed by atoms with E-state index < -0.39 is 46.9 Å². The molecule has 1 N–H and O–H groups in total. The number of carbonyl (C=O) groups excluding carboxylic acids is 2. The highest BCUT2D eigenvalue weighted by atomic mass is 16.6. The van der Waals surface area contributed by atoms with Gasteiger partial charge in [0.2, 0.25) is 0 Å². The zero-order valence-electron chi connectivity index (χ0n) is 20.6. The molecule has 0 amide bonds. The van der Waals surface area contributed by atoms with Gasteiger partial charge in [-0.1, -0.05) is 6.92 Å². The summed E-state index contributed by atoms with van der Waals surface area (Å²) in [6, 6.07) is 5.02. The molecule has 1 saturated carbocycles. The molecule has 0 bridgehead atoms. The number of aliphatic hydroxyl groups is 1. The Bertz CT molecular complexity index is 1180. The van der Waals surface area contributed by atoms with Crippen molar-refractivity contribution in [2.24, 2.45) is 11.8 Å². The van der Waals surface area contributed by atoms with Crippen molar-refractivity contribution in [1.82, 2.24) is 4.98 Å². The van der Waals surface area contributed by atoms with Crippen LogP contribution in [0.2, 0.25) is 0 Å². The molecule has 4 rings (SSSR count). The van der Waals surface area contributed by atoms with E-state index in [2.05, 4.69) is 4.98 Å². The third-order valence-corrected chi connectivity index (χ3v) is 7.57. The van der Waals surface area contributed by atoms with Gasteiger partial charge >= 0.3 is 17.6 Å². The highest BCUT2D eigenvalue weighted by Gasteiger charge is 2.60. The van der Waals surface area contributed by atoms with Crippen molar-refractivity contribution < 1.29 is 33.3 Å². The van der Waals surface area contributed by atoms with Crippen molar-refractivity contribution in [3.8, 4) is 17.1 Å². The molecule has 188 valence electrons. The van der Waals surface area contributed by atoms with Gasteiger partial charge in [0, 0.05) is 49.7 Å². The van der Waals surface area contributed by atoms with Crippen molar-refractivity contribution >= 4 is 11.9 Å². The number of aliphatic hydroxyl groups excluding tert-OH is 1. The molecule has 0 aromatic carbocycles. The second-order valence-electron chi connectivity index (χ2n) is 9.78. The SMILES string of the molecule is CCC(C)(OC(C)=O)[C@H]1C[C@@H](OC(C)=O)[C@]2(C)Oc3cc(-c4cccnc4)oc(=O)c3[C@@H](O)[C@@H]2C1. The molecular weight excluding hydrogens is 454 g/mol. The van der Waals surface area contributed by atoms with Crippen LogP contribution in [0, 0.1) is 11.8 Å². The van der Waals surface area contributed by atoms with Gasteiger partial charge in [0.25, 0.3) is 0 Å². The Balaban J connectivity index is 1.79. The monoisotopic (exact) mass is 485 g/mol. The lowest BCUT2D eigenvalue weighted by atomic mass is 9.61. The molecule has 0 spiro atoms. The maximum Gasteiger partial charge on any atom is 0.345 e. The smallest absolute Gasteiger partial charge is 0.345 e. The minimum atomic E-state index is -1.23. The van der Waals surface area contributed by atoms with E-state index in [1.165, 1.54) is 13.8 Å². The summed E-state index contributed by atoms with van der Waals surface area (Å²) in [5, 5.41) is 11.5. The number of aromatic nitrogens is 1. The number of nitrogens with zero attached hydrogens (tertiary/aromatic N) is 1. The lowest BCUT2D eigenvalue weighted by molar-refractivity contribution is -0.209. The standard InChI is InChI=1S/C26H31NO8/c1-6-25(4,34-15(3)29)17-10-18-23(30)22-20(35-26(18,5)21(11-17)32-14(2)28)12-19(33-24(22)31)16-8-7-9-27-13-16/h7-9,12-13,17-18,21,23,30H,6,10-11H2,1-5H3/t17-,18+,21-,23+,25?,26-/m1/s1. The molecular formula is C26H31NO8. The van der Waals surface area contributed by atoms with Crippen LogP contribution in [0.4, 0.5) is 0 Å². The number of hydrogen-bond donors (Lipinski definition) is 1. The summed E-state index contributed by atoms with van der Waals surface area (Å²) in [7, 11) is 0. The average molecular weight is 486 g/mol. The summed E-state index contributed by atoms with van der Waals surface area (Å²) in [5.74, 6) is -1.34. The summed E-state index contributed by atoms with van der Waals surface area (Å²) in [6.45, 7) is 8.20. The van der Waals surface area contributed by atoms with E-state index >= 15 is 0 Å². The van der Waals surface area contributed by atoms with Crippen LogP contribution in [0.15, 0.2) is 39.8 Å². The molecule has 35 heavy (non-hydrogen) atoms. The summed E-state index contributed by atoms with van der Waals surface area (Å²) < 4.78 is 23.3. The zero-order chi connectivity index (χ0) is 25.5. The van der Waals surface area contributed by atoms with Gasteiger partial charge in [-0.05, 0) is 45.2 Å². The average Bonchev–Trinajstić information content (AvgIpc) is 2.79. The lowest BCUT2D eigenvalue weighted by Crippen LogP contribution is -2.62. The molecule has 1 aliphatic carbocycles. The van der Waals surface area contributed by atoms with E-state index in [1.54, 1.807) is 37.5 Å². The first-order valence-electron chi connectivity index (χ1n) is 11.8. The van der Waals surface area contributed by atoms with Crippen LogP contribution in [0.3, 0.4) is 0 Å². The summed E-state index contributed by atoms with van der Waals surface area (Å²) in [4.78, 5) is 41.0. The van der Waals surface area contributed by atoms with Crippen LogP contribution in [-0.4, -0.2) is 39.3 Å². The van der Waals surface area contributed by atoms with Gasteiger partial charge < -0.3 is 23.7 Å². The van der Waals surface area contributed by atoms with Gasteiger partial charge in [0.05, 0.1) is 6.10 Å². The quantitative estimate of drug-likeness (QED) is 0.633. The number of esters is 2. The highest BCUT2D eigenvalue weighted by Crippen LogP contribution is 2.54. The van der Waals surface area contributed by atoms with Crippen LogP contribution in [0.5, 0.6) is 5.75 Å². The third kappa shape index (κ3) is 4.45. The van der Waals surface area contributed by atoms with Crippen LogP contribution in [-0.2, 0) is 19.1 Å². The Morgan fingerprint density at radius 1 is 1.29 bits per heavy atom. The van der Waals surface area contributed by atoms with E-state index in [0.29, 0.717) is 24.8 Å². The van der Waals surface area contributed by atoms with Gasteiger partial charge in [0.15, 0.2) is 0 Å². The summed E-state index contributed by atoms with van der Waals surface area (Å²) in [5.41, 5.74) is -2.08. The number of hydrogen-bond acceptors (Lipinski definition) is 9. The molecule has 1 aliphatic heterocycles. The number of fused-ring (bicyclic) bond motifs is 2. The fourth-order valence-electron chi connectivity index (χ4n) is 5.51. The largest absolute Gasteiger partial charge is 0.482 e. The lowest BCUT2D eigenvalue weighted by Gasteiger charge is -2.54. The molecule has 6 atom stereocenters. The maximum atomic E-state index is 13.0. The van der Waals surface area contributed by atoms with E-state index in [0.717, 1.165) is 0 Å². The number of pyridine rings is 1. The summed E-state index contributed by atoms with van der Waals surface area (Å²) in [6.07, 6.45) is 2.46. The zero-order valence-corrected chi connectivity index (χ0v) is 20.6.